The molecule has 0 aliphatic carbocycles. The van der Waals surface area contributed by atoms with Gasteiger partial charge >= 0.3 is 0 Å². The van der Waals surface area contributed by atoms with Crippen molar-refractivity contribution in [3.63, 3.8) is 0 Å². The van der Waals surface area contributed by atoms with Crippen molar-refractivity contribution < 1.29 is 4.42 Å². The van der Waals surface area contributed by atoms with Gasteiger partial charge in [0.25, 0.3) is 5.22 Å². The van der Waals surface area contributed by atoms with Gasteiger partial charge in [-0.05, 0) is 49.3 Å². The maximum absolute atomic E-state index is 5.83. The molecule has 0 N–H and O–H groups in total. The van der Waals surface area contributed by atoms with E-state index in [1.807, 2.05) is 18.2 Å². The lowest BCUT2D eigenvalue weighted by atomic mass is 10.2. The van der Waals surface area contributed by atoms with E-state index in [1.54, 1.807) is 17.7 Å². The first kappa shape index (κ1) is 16.9. The van der Waals surface area contributed by atoms with Crippen molar-refractivity contribution >= 4 is 33.3 Å². The maximum atomic E-state index is 5.83. The molecule has 1 fully saturated rings. The van der Waals surface area contributed by atoms with Crippen molar-refractivity contribution in [1.29, 1.82) is 0 Å². The van der Waals surface area contributed by atoms with Crippen LogP contribution in [0.25, 0.3) is 20.7 Å². The minimum absolute atomic E-state index is 0.525. The molecule has 1 saturated heterocycles. The van der Waals surface area contributed by atoms with Crippen LogP contribution >= 0.6 is 23.1 Å². The molecule has 0 amide bonds. The maximum Gasteiger partial charge on any atom is 0.283 e. The first-order valence-electron chi connectivity index (χ1n) is 8.88. The molecule has 6 nitrogen and oxygen atoms in total. The summed E-state index contributed by atoms with van der Waals surface area (Å²) in [6, 6.07) is 12.5. The summed E-state index contributed by atoms with van der Waals surface area (Å²) in [6.45, 7) is 2.94. The number of hydrogen-bond donors (Lipinski definition) is 0. The molecule has 8 heteroatoms. The van der Waals surface area contributed by atoms with Gasteiger partial charge in [0.15, 0.2) is 0 Å². The van der Waals surface area contributed by atoms with Gasteiger partial charge < -0.3 is 4.42 Å². The fourth-order valence-corrected chi connectivity index (χ4v) is 5.04. The monoisotopic (exact) mass is 395 g/mol. The van der Waals surface area contributed by atoms with Gasteiger partial charge in [-0.2, -0.15) is 0 Å². The molecule has 1 aliphatic heterocycles. The third kappa shape index (κ3) is 3.60. The van der Waals surface area contributed by atoms with Gasteiger partial charge in [-0.25, -0.2) is 9.97 Å². The van der Waals surface area contributed by atoms with E-state index in [0.29, 0.717) is 11.1 Å². The molecule has 4 aromatic rings. The number of fused-ring (bicyclic) bond motifs is 1. The summed E-state index contributed by atoms with van der Waals surface area (Å²) in [7, 11) is 0. The van der Waals surface area contributed by atoms with Gasteiger partial charge in [0.05, 0.1) is 6.54 Å². The molecule has 1 aromatic carbocycles. The van der Waals surface area contributed by atoms with Crippen molar-refractivity contribution in [3.05, 3.63) is 48.6 Å². The van der Waals surface area contributed by atoms with Crippen LogP contribution in [0, 0.1) is 0 Å². The lowest BCUT2D eigenvalue weighted by molar-refractivity contribution is 0.278. The molecule has 0 atom stereocenters. The highest BCUT2D eigenvalue weighted by molar-refractivity contribution is 7.99. The molecule has 136 valence electrons. The second kappa shape index (κ2) is 7.38. The molecule has 3 aromatic heterocycles. The molecule has 1 aliphatic rings. The zero-order valence-electron chi connectivity index (χ0n) is 14.5. The third-order valence-electron chi connectivity index (χ3n) is 4.54. The van der Waals surface area contributed by atoms with Crippen molar-refractivity contribution in [2.24, 2.45) is 0 Å². The topological polar surface area (TPSA) is 67.9 Å². The van der Waals surface area contributed by atoms with Crippen molar-refractivity contribution in [2.75, 3.05) is 13.1 Å². The Kier molecular flexibility index (Phi) is 4.61. The van der Waals surface area contributed by atoms with Crippen LogP contribution in [-0.2, 0) is 6.54 Å². The van der Waals surface area contributed by atoms with E-state index in [4.69, 9.17) is 4.42 Å². The summed E-state index contributed by atoms with van der Waals surface area (Å²) in [5, 5.41) is 10.8. The Hall–Kier alpha value is -2.29. The second-order valence-corrected chi connectivity index (χ2v) is 8.39. The van der Waals surface area contributed by atoms with Crippen LogP contribution in [0.15, 0.2) is 57.4 Å². The van der Waals surface area contributed by atoms with Crippen LogP contribution in [0.5, 0.6) is 0 Å². The van der Waals surface area contributed by atoms with Gasteiger partial charge in [-0.15, -0.1) is 21.5 Å². The number of hydrogen-bond acceptors (Lipinski definition) is 8. The van der Waals surface area contributed by atoms with E-state index < -0.39 is 0 Å². The molecule has 0 unspecified atom stereocenters. The Morgan fingerprint density at radius 2 is 1.93 bits per heavy atom. The lowest BCUT2D eigenvalue weighted by Gasteiger charge is -2.10. The van der Waals surface area contributed by atoms with Crippen molar-refractivity contribution in [3.8, 4) is 10.4 Å². The largest absolute Gasteiger partial charge is 0.414 e. The van der Waals surface area contributed by atoms with E-state index in [9.17, 15) is 0 Å². The van der Waals surface area contributed by atoms with E-state index in [2.05, 4.69) is 43.3 Å². The highest BCUT2D eigenvalue weighted by atomic mass is 32.2. The van der Waals surface area contributed by atoms with Crippen LogP contribution < -0.4 is 0 Å². The Morgan fingerprint density at radius 3 is 2.78 bits per heavy atom. The number of likely N-dealkylation sites (tertiary alicyclic amines) is 1. The lowest BCUT2D eigenvalue weighted by Crippen LogP contribution is -2.18. The fourth-order valence-electron chi connectivity index (χ4n) is 3.22. The van der Waals surface area contributed by atoms with Crippen molar-refractivity contribution in [2.45, 2.75) is 29.6 Å². The molecule has 0 radical (unpaired) electrons. The van der Waals surface area contributed by atoms with Crippen LogP contribution in [0.1, 0.15) is 18.7 Å². The summed E-state index contributed by atoms with van der Waals surface area (Å²) >= 11 is 3.06. The fraction of sp³-hybridized carbons (Fsp3) is 0.263. The quantitative estimate of drug-likeness (QED) is 0.461. The second-order valence-electron chi connectivity index (χ2n) is 6.42. The standard InChI is InChI=1S/C19H17N5OS2/c1-2-6-13(7-3-1)15-10-14-17(26-15)20-12-21-18(14)27-19-23-22-16(25-19)11-24-8-4-5-9-24/h1-3,6-7,10,12H,4-5,8-9,11H2. The van der Waals surface area contributed by atoms with Gasteiger partial charge in [0.1, 0.15) is 16.2 Å². The summed E-state index contributed by atoms with van der Waals surface area (Å²) in [5.41, 5.74) is 1.18. The predicted molar refractivity (Wildman–Crippen MR) is 106 cm³/mol. The number of benzene rings is 1. The first-order chi connectivity index (χ1) is 13.3. The van der Waals surface area contributed by atoms with Crippen molar-refractivity contribution in [1.82, 2.24) is 25.1 Å². The Bertz CT molecular complexity index is 1060. The van der Waals surface area contributed by atoms with Gasteiger partial charge in [-0.3, -0.25) is 4.90 Å². The number of rotatable bonds is 5. The average Bonchev–Trinajstić information content (AvgIpc) is 3.44. The summed E-state index contributed by atoms with van der Waals surface area (Å²) < 4.78 is 5.83. The molecule has 0 spiro atoms. The molecule has 4 heterocycles. The first-order valence-corrected chi connectivity index (χ1v) is 10.5. The molecule has 27 heavy (non-hydrogen) atoms. The number of nitrogens with zero attached hydrogens (tertiary/aromatic N) is 5. The minimum atomic E-state index is 0.525. The van der Waals surface area contributed by atoms with Crippen LogP contribution in [0.2, 0.25) is 0 Å². The Labute approximate surface area is 164 Å². The SMILES string of the molecule is c1ccc(-c2cc3c(Sc4nnc(CN5CCCC5)o4)ncnc3s2)cc1. The smallest absolute Gasteiger partial charge is 0.283 e. The highest BCUT2D eigenvalue weighted by Crippen LogP contribution is 2.37. The van der Waals surface area contributed by atoms with E-state index >= 15 is 0 Å². The molecular weight excluding hydrogens is 378 g/mol. The van der Waals surface area contributed by atoms with Crippen LogP contribution in [0.4, 0.5) is 0 Å². The molecule has 5 rings (SSSR count). The predicted octanol–water partition coefficient (Wildman–Crippen LogP) is 4.49. The summed E-state index contributed by atoms with van der Waals surface area (Å²) in [6.07, 6.45) is 4.09. The van der Waals surface area contributed by atoms with Crippen LogP contribution in [-0.4, -0.2) is 38.2 Å². The Morgan fingerprint density at radius 1 is 1.07 bits per heavy atom. The van der Waals surface area contributed by atoms with E-state index in [-0.39, 0.29) is 0 Å². The highest BCUT2D eigenvalue weighted by Gasteiger charge is 2.17. The van der Waals surface area contributed by atoms with Crippen LogP contribution in [0.3, 0.4) is 0 Å². The zero-order chi connectivity index (χ0) is 18.1. The molecular formula is C19H17N5OS2. The van der Waals surface area contributed by atoms with E-state index in [0.717, 1.165) is 34.9 Å². The van der Waals surface area contributed by atoms with Gasteiger partial charge in [-0.1, -0.05) is 30.3 Å². The summed E-state index contributed by atoms with van der Waals surface area (Å²) in [4.78, 5) is 13.3. The molecule has 0 saturated carbocycles. The normalized spacial score (nSPS) is 15.0. The third-order valence-corrected chi connectivity index (χ3v) is 6.49. The minimum Gasteiger partial charge on any atom is -0.414 e. The zero-order valence-corrected chi connectivity index (χ0v) is 16.2. The number of thiophene rings is 1. The summed E-state index contributed by atoms with van der Waals surface area (Å²) in [5.74, 6) is 0.667. The number of aromatic nitrogens is 4. The Balaban J connectivity index is 1.40. The average molecular weight is 396 g/mol. The van der Waals surface area contributed by atoms with Gasteiger partial charge in [0.2, 0.25) is 5.89 Å². The van der Waals surface area contributed by atoms with E-state index in [1.165, 1.54) is 35.0 Å². The molecule has 0 bridgehead atoms. The van der Waals surface area contributed by atoms with Gasteiger partial charge in [0, 0.05) is 10.3 Å².